The number of benzene rings is 2. The second-order valence-electron chi connectivity index (χ2n) is 15.3. The highest BCUT2D eigenvalue weighted by Crippen LogP contribution is 2.48. The zero-order valence-electron chi connectivity index (χ0n) is 28.8. The van der Waals surface area contributed by atoms with Crippen molar-refractivity contribution in [2.24, 2.45) is 11.3 Å². The average molecular weight is 656 g/mol. The van der Waals surface area contributed by atoms with Gasteiger partial charge >= 0.3 is 0 Å². The third kappa shape index (κ3) is 5.39. The maximum Gasteiger partial charge on any atom is 0.196 e. The van der Waals surface area contributed by atoms with Gasteiger partial charge in [-0.2, -0.15) is 0 Å². The van der Waals surface area contributed by atoms with E-state index in [9.17, 15) is 4.79 Å². The summed E-state index contributed by atoms with van der Waals surface area (Å²) in [5, 5.41) is 9.09. The van der Waals surface area contributed by atoms with Crippen LogP contribution in [0.1, 0.15) is 90.7 Å². The average Bonchev–Trinajstić information content (AvgIpc) is 3.42. The van der Waals surface area contributed by atoms with Gasteiger partial charge in [-0.05, 0) is 87.4 Å². The molecule has 1 spiro atoms. The molecule has 3 aromatic rings. The number of ketones is 1. The van der Waals surface area contributed by atoms with Gasteiger partial charge < -0.3 is 25.8 Å². The lowest BCUT2D eigenvalue weighted by atomic mass is 9.71. The Bertz CT molecular complexity index is 1860. The summed E-state index contributed by atoms with van der Waals surface area (Å²) < 4.78 is 0. The molecule has 2 aliphatic carbocycles. The highest BCUT2D eigenvalue weighted by molar-refractivity contribution is 6.30. The van der Waals surface area contributed by atoms with E-state index in [-0.39, 0.29) is 5.78 Å². The van der Waals surface area contributed by atoms with Gasteiger partial charge in [-0.3, -0.25) is 4.79 Å². The molecule has 0 amide bonds. The zero-order chi connectivity index (χ0) is 33.9. The molecule has 4 heterocycles. The fourth-order valence-corrected chi connectivity index (χ4v) is 9.52. The van der Waals surface area contributed by atoms with Crippen LogP contribution in [-0.4, -0.2) is 77.1 Å². The molecule has 8 rings (SSSR count). The van der Waals surface area contributed by atoms with Crippen LogP contribution < -0.4 is 10.6 Å². The molecule has 0 unspecified atom stereocenters. The third-order valence-corrected chi connectivity index (χ3v) is 12.4. The first kappa shape index (κ1) is 31.9. The van der Waals surface area contributed by atoms with Crippen molar-refractivity contribution in [3.63, 3.8) is 0 Å². The molecule has 8 heteroatoms. The van der Waals surface area contributed by atoms with Gasteiger partial charge in [0.25, 0.3) is 0 Å². The predicted molar refractivity (Wildman–Crippen MR) is 200 cm³/mol. The molecule has 0 atom stereocenters. The SMILES string of the molecule is C=CC(=C)N1CC2(CCN(c3nc(CC4CCN(C5CCCCC5)CC4)nc4c5c(c(C=C)cc34)-c3c(ccc(N)c3C=N)C5=O)CC2)C1. The van der Waals surface area contributed by atoms with Crippen LogP contribution in [0.15, 0.2) is 49.7 Å². The van der Waals surface area contributed by atoms with Gasteiger partial charge in [0.15, 0.2) is 5.78 Å². The second kappa shape index (κ2) is 12.5. The fraction of sp³-hybridized carbons (Fsp3) is 0.463. The lowest BCUT2D eigenvalue weighted by Gasteiger charge is -2.55. The molecule has 3 aliphatic heterocycles. The molecule has 1 aromatic heterocycles. The summed E-state index contributed by atoms with van der Waals surface area (Å²) in [5.74, 6) is 2.22. The Morgan fingerprint density at radius 3 is 2.39 bits per heavy atom. The van der Waals surface area contributed by atoms with Crippen molar-refractivity contribution in [2.75, 3.05) is 49.9 Å². The zero-order valence-corrected chi connectivity index (χ0v) is 28.8. The monoisotopic (exact) mass is 655 g/mol. The molecule has 1 saturated carbocycles. The molecule has 0 bridgehead atoms. The summed E-state index contributed by atoms with van der Waals surface area (Å²) in [7, 11) is 0. The van der Waals surface area contributed by atoms with Crippen molar-refractivity contribution >= 4 is 40.5 Å². The number of nitrogens with one attached hydrogen (secondary N) is 1. The molecule has 8 nitrogen and oxygen atoms in total. The van der Waals surface area contributed by atoms with E-state index in [2.05, 4.69) is 40.5 Å². The van der Waals surface area contributed by atoms with Crippen LogP contribution in [0.4, 0.5) is 11.5 Å². The van der Waals surface area contributed by atoms with Crippen LogP contribution in [0, 0.1) is 16.7 Å². The van der Waals surface area contributed by atoms with E-state index in [0.717, 1.165) is 117 Å². The molecular weight excluding hydrogens is 606 g/mol. The number of anilines is 2. The number of nitrogen functional groups attached to an aromatic ring is 1. The van der Waals surface area contributed by atoms with Crippen LogP contribution in [0.2, 0.25) is 0 Å². The molecule has 4 fully saturated rings. The maximum absolute atomic E-state index is 14.3. The minimum Gasteiger partial charge on any atom is -0.398 e. The Morgan fingerprint density at radius 1 is 0.980 bits per heavy atom. The van der Waals surface area contributed by atoms with Gasteiger partial charge in [-0.15, -0.1) is 0 Å². The van der Waals surface area contributed by atoms with Crippen LogP contribution in [0.3, 0.4) is 0 Å². The second-order valence-corrected chi connectivity index (χ2v) is 15.3. The number of piperidine rings is 2. The first-order valence-electron chi connectivity index (χ1n) is 18.4. The Kier molecular flexibility index (Phi) is 8.18. The van der Waals surface area contributed by atoms with Crippen molar-refractivity contribution in [1.29, 1.82) is 5.41 Å². The summed E-state index contributed by atoms with van der Waals surface area (Å²) in [6, 6.07) is 6.41. The summed E-state index contributed by atoms with van der Waals surface area (Å²) in [6.07, 6.45) is 17.0. The number of likely N-dealkylation sites (tertiary alicyclic amines) is 2. The molecule has 3 N–H and O–H groups in total. The van der Waals surface area contributed by atoms with E-state index in [1.54, 1.807) is 12.1 Å². The van der Waals surface area contributed by atoms with Gasteiger partial charge in [0.2, 0.25) is 0 Å². The largest absolute Gasteiger partial charge is 0.398 e. The molecule has 49 heavy (non-hydrogen) atoms. The summed E-state index contributed by atoms with van der Waals surface area (Å²) >= 11 is 0. The minimum atomic E-state index is -0.0622. The van der Waals surface area contributed by atoms with Crippen LogP contribution in [0.5, 0.6) is 0 Å². The molecule has 0 radical (unpaired) electrons. The molecular formula is C41H49N7O. The highest BCUT2D eigenvalue weighted by Gasteiger charge is 2.45. The number of hydrogen-bond donors (Lipinski definition) is 2. The maximum atomic E-state index is 14.3. The van der Waals surface area contributed by atoms with Gasteiger partial charge in [-0.25, -0.2) is 9.97 Å². The fourth-order valence-electron chi connectivity index (χ4n) is 9.52. The number of carbonyl (C=O) groups is 1. The van der Waals surface area contributed by atoms with E-state index in [0.29, 0.717) is 39.2 Å². The number of carbonyl (C=O) groups excluding carboxylic acids is 1. The van der Waals surface area contributed by atoms with Crippen molar-refractivity contribution in [3.8, 4) is 11.1 Å². The van der Waals surface area contributed by atoms with Crippen LogP contribution in [0.25, 0.3) is 28.1 Å². The van der Waals surface area contributed by atoms with E-state index in [4.69, 9.17) is 21.1 Å². The van der Waals surface area contributed by atoms with E-state index >= 15 is 0 Å². The van der Waals surface area contributed by atoms with Crippen molar-refractivity contribution in [1.82, 2.24) is 19.8 Å². The van der Waals surface area contributed by atoms with E-state index in [1.165, 1.54) is 38.3 Å². The Morgan fingerprint density at radius 2 is 1.71 bits per heavy atom. The lowest BCUT2D eigenvalue weighted by Crippen LogP contribution is -2.59. The van der Waals surface area contributed by atoms with E-state index in [1.807, 2.05) is 12.2 Å². The number of allylic oxidation sites excluding steroid dienone is 1. The Hall–Kier alpha value is -4.30. The van der Waals surface area contributed by atoms with Gasteiger partial charge in [0.05, 0.1) is 11.1 Å². The van der Waals surface area contributed by atoms with Crippen molar-refractivity contribution in [3.05, 3.63) is 77.8 Å². The number of rotatable bonds is 8. The summed E-state index contributed by atoms with van der Waals surface area (Å²) in [5.41, 5.74) is 13.0. The quantitative estimate of drug-likeness (QED) is 0.117. The number of aromatic nitrogens is 2. The molecule has 5 aliphatic rings. The summed E-state index contributed by atoms with van der Waals surface area (Å²) in [6.45, 7) is 18.4. The van der Waals surface area contributed by atoms with Gasteiger partial charge in [0.1, 0.15) is 11.6 Å². The van der Waals surface area contributed by atoms with Gasteiger partial charge in [0, 0.05) is 89.3 Å². The molecule has 2 aromatic carbocycles. The van der Waals surface area contributed by atoms with Gasteiger partial charge in [-0.1, -0.05) is 45.1 Å². The van der Waals surface area contributed by atoms with Crippen molar-refractivity contribution in [2.45, 2.75) is 70.3 Å². The Balaban J connectivity index is 1.16. The smallest absolute Gasteiger partial charge is 0.196 e. The number of fused-ring (bicyclic) bond motifs is 5. The minimum absolute atomic E-state index is 0.0622. The predicted octanol–water partition coefficient (Wildman–Crippen LogP) is 7.25. The highest BCUT2D eigenvalue weighted by atomic mass is 16.1. The van der Waals surface area contributed by atoms with Crippen LogP contribution >= 0.6 is 0 Å². The molecule has 3 saturated heterocycles. The first-order chi connectivity index (χ1) is 23.8. The van der Waals surface area contributed by atoms with Crippen LogP contribution in [-0.2, 0) is 6.42 Å². The molecule has 254 valence electrons. The Labute approximate surface area is 290 Å². The normalized spacial score (nSPS) is 21.0. The third-order valence-electron chi connectivity index (χ3n) is 12.4. The lowest BCUT2D eigenvalue weighted by molar-refractivity contribution is 0.0105. The summed E-state index contributed by atoms with van der Waals surface area (Å²) in [4.78, 5) is 32.4. The first-order valence-corrected chi connectivity index (χ1v) is 18.4. The van der Waals surface area contributed by atoms with E-state index < -0.39 is 0 Å². The number of nitrogens with zero attached hydrogens (tertiary/aromatic N) is 5. The standard InChI is InChI=1S/C41H49N7O/c1-4-26(3)48-24-41(25-48)15-19-47(20-16-41)40-31-22-28(5-2)35-36-30(11-12-33(43)32(36)23-42)39(49)37(35)38(31)44-34(45-40)21-27-13-17-46(18-14-27)29-9-7-6-8-10-29/h4-5,11-12,22-23,27,29,42H,1-3,6-10,13-21,24-25,43H2. The number of hydrogen-bond acceptors (Lipinski definition) is 8. The topological polar surface area (TPSA) is 102 Å². The number of nitrogens with two attached hydrogens (primary N) is 1. The van der Waals surface area contributed by atoms with Crippen molar-refractivity contribution < 1.29 is 4.79 Å².